The Bertz CT molecular complexity index is 245. The summed E-state index contributed by atoms with van der Waals surface area (Å²) in [6, 6.07) is -0.942. The van der Waals surface area contributed by atoms with Crippen LogP contribution in [0.1, 0.15) is 0 Å². The Labute approximate surface area is 92.0 Å². The first-order valence-electron chi connectivity index (χ1n) is 4.19. The van der Waals surface area contributed by atoms with Crippen molar-refractivity contribution in [1.82, 2.24) is 10.2 Å². The summed E-state index contributed by atoms with van der Waals surface area (Å²) >= 11 is 1.17. The number of hydrogen-bond acceptors (Lipinski definition) is 4. The van der Waals surface area contributed by atoms with Crippen LogP contribution < -0.4 is 5.32 Å². The van der Waals surface area contributed by atoms with Crippen molar-refractivity contribution in [3.05, 3.63) is 0 Å². The summed E-state index contributed by atoms with van der Waals surface area (Å²) in [4.78, 5) is 33.2. The molecule has 0 saturated heterocycles. The van der Waals surface area contributed by atoms with Gasteiger partial charge in [-0.3, -0.25) is 9.59 Å². The number of aliphatic carboxylic acids is 1. The summed E-state index contributed by atoms with van der Waals surface area (Å²) in [5.74, 6) is -0.813. The topological polar surface area (TPSA) is 86.7 Å². The van der Waals surface area contributed by atoms with Crippen molar-refractivity contribution in [3.63, 3.8) is 0 Å². The van der Waals surface area contributed by atoms with E-state index in [1.807, 2.05) is 0 Å². The average molecular weight is 234 g/mol. The van der Waals surface area contributed by atoms with E-state index < -0.39 is 12.0 Å². The minimum absolute atomic E-state index is 0.0877. The highest BCUT2D eigenvalue weighted by atomic mass is 32.2. The van der Waals surface area contributed by atoms with E-state index >= 15 is 0 Å². The molecule has 1 atom stereocenters. The number of nitrogens with zero attached hydrogens (tertiary/aromatic N) is 1. The Morgan fingerprint density at radius 2 is 2.13 bits per heavy atom. The number of carboxylic acids is 1. The zero-order chi connectivity index (χ0) is 11.8. The monoisotopic (exact) mass is 234 g/mol. The molecule has 1 unspecified atom stereocenters. The molecule has 86 valence electrons. The highest BCUT2D eigenvalue weighted by Crippen LogP contribution is 2.04. The molecule has 0 aliphatic carbocycles. The van der Waals surface area contributed by atoms with Crippen molar-refractivity contribution < 1.29 is 19.5 Å². The van der Waals surface area contributed by atoms with E-state index in [2.05, 4.69) is 5.32 Å². The van der Waals surface area contributed by atoms with Gasteiger partial charge in [-0.1, -0.05) is 0 Å². The predicted molar refractivity (Wildman–Crippen MR) is 56.6 cm³/mol. The molecule has 0 fully saturated rings. The third kappa shape index (κ3) is 5.95. The summed E-state index contributed by atoms with van der Waals surface area (Å²) in [6.07, 6.45) is 0.340. The summed E-state index contributed by atoms with van der Waals surface area (Å²) < 4.78 is 0. The third-order valence-corrected chi connectivity index (χ3v) is 2.60. The van der Waals surface area contributed by atoms with Crippen molar-refractivity contribution in [2.24, 2.45) is 0 Å². The van der Waals surface area contributed by atoms with Crippen LogP contribution in [0.15, 0.2) is 0 Å². The molecule has 15 heavy (non-hydrogen) atoms. The summed E-state index contributed by atoms with van der Waals surface area (Å²) in [6.45, 7) is 0. The van der Waals surface area contributed by atoms with Gasteiger partial charge in [0.05, 0.1) is 5.75 Å². The maximum absolute atomic E-state index is 11.1. The molecule has 6 nitrogen and oxygen atoms in total. The van der Waals surface area contributed by atoms with Crippen LogP contribution in [0, 0.1) is 0 Å². The second kappa shape index (κ2) is 7.10. The van der Waals surface area contributed by atoms with Crippen LogP contribution >= 0.6 is 11.8 Å². The van der Waals surface area contributed by atoms with Gasteiger partial charge in [0, 0.05) is 19.8 Å². The number of hydrogen-bond donors (Lipinski definition) is 2. The van der Waals surface area contributed by atoms with Gasteiger partial charge < -0.3 is 15.3 Å². The zero-order valence-corrected chi connectivity index (χ0v) is 9.41. The fourth-order valence-corrected chi connectivity index (χ4v) is 1.69. The Balaban J connectivity index is 3.85. The second-order valence-electron chi connectivity index (χ2n) is 2.98. The molecule has 0 bridgehead atoms. The van der Waals surface area contributed by atoms with Gasteiger partial charge in [-0.25, -0.2) is 4.79 Å². The molecule has 0 saturated carbocycles. The largest absolute Gasteiger partial charge is 0.480 e. The van der Waals surface area contributed by atoms with E-state index in [1.165, 1.54) is 16.7 Å². The Hall–Kier alpha value is -1.24. The molecule has 2 amide bonds. The fraction of sp³-hybridized carbons (Fsp3) is 0.625. The maximum atomic E-state index is 11.1. The predicted octanol–water partition coefficient (Wildman–Crippen LogP) is -0.993. The molecule has 2 N–H and O–H groups in total. The molecule has 0 aromatic heterocycles. The van der Waals surface area contributed by atoms with Crippen molar-refractivity contribution >= 4 is 30.0 Å². The number of carbonyl (C=O) groups excluding carboxylic acids is 2. The van der Waals surface area contributed by atoms with E-state index in [0.29, 0.717) is 6.41 Å². The van der Waals surface area contributed by atoms with E-state index in [-0.39, 0.29) is 17.4 Å². The minimum atomic E-state index is -1.10. The van der Waals surface area contributed by atoms with E-state index in [4.69, 9.17) is 5.11 Å². The van der Waals surface area contributed by atoms with E-state index in [1.54, 1.807) is 14.1 Å². The van der Waals surface area contributed by atoms with Crippen molar-refractivity contribution in [2.75, 3.05) is 25.6 Å². The van der Waals surface area contributed by atoms with Gasteiger partial charge in [0.25, 0.3) is 0 Å². The molecular formula is C8H14N2O4S. The molecule has 0 heterocycles. The first kappa shape index (κ1) is 13.8. The Kier molecular flexibility index (Phi) is 6.52. The molecule has 0 spiro atoms. The van der Waals surface area contributed by atoms with Gasteiger partial charge >= 0.3 is 5.97 Å². The van der Waals surface area contributed by atoms with Crippen LogP contribution in [0.25, 0.3) is 0 Å². The smallest absolute Gasteiger partial charge is 0.327 e. The van der Waals surface area contributed by atoms with Crippen LogP contribution in [-0.2, 0) is 14.4 Å². The first-order chi connectivity index (χ1) is 6.99. The molecule has 0 radical (unpaired) electrons. The number of carboxylic acid groups (broad SMARTS) is 1. The lowest BCUT2D eigenvalue weighted by atomic mass is 10.3. The van der Waals surface area contributed by atoms with Gasteiger partial charge in [0.2, 0.25) is 12.3 Å². The summed E-state index contributed by atoms with van der Waals surface area (Å²) in [5.41, 5.74) is 0. The summed E-state index contributed by atoms with van der Waals surface area (Å²) in [5, 5.41) is 10.8. The van der Waals surface area contributed by atoms with Gasteiger partial charge in [-0.2, -0.15) is 0 Å². The molecule has 0 aliphatic rings. The van der Waals surface area contributed by atoms with Gasteiger partial charge in [-0.05, 0) is 0 Å². The Morgan fingerprint density at radius 3 is 2.53 bits per heavy atom. The van der Waals surface area contributed by atoms with Gasteiger partial charge in [0.15, 0.2) is 0 Å². The van der Waals surface area contributed by atoms with Crippen LogP contribution in [0.3, 0.4) is 0 Å². The van der Waals surface area contributed by atoms with Gasteiger partial charge in [-0.15, -0.1) is 11.8 Å². The quantitative estimate of drug-likeness (QED) is 0.552. The highest BCUT2D eigenvalue weighted by Gasteiger charge is 2.16. The lowest BCUT2D eigenvalue weighted by Crippen LogP contribution is -2.38. The van der Waals surface area contributed by atoms with Crippen LogP contribution in [0.2, 0.25) is 0 Å². The lowest BCUT2D eigenvalue weighted by Gasteiger charge is -2.12. The molecule has 0 rings (SSSR count). The first-order valence-corrected chi connectivity index (χ1v) is 5.35. The lowest BCUT2D eigenvalue weighted by molar-refractivity contribution is -0.139. The van der Waals surface area contributed by atoms with Crippen molar-refractivity contribution in [1.29, 1.82) is 0 Å². The normalized spacial score (nSPS) is 11.6. The molecule has 0 aromatic rings. The molecule has 0 aliphatic heterocycles. The number of amides is 2. The van der Waals surface area contributed by atoms with Crippen LogP contribution in [0.5, 0.6) is 0 Å². The number of carbonyl (C=O) groups is 3. The van der Waals surface area contributed by atoms with E-state index in [0.717, 1.165) is 0 Å². The minimum Gasteiger partial charge on any atom is -0.480 e. The average Bonchev–Trinajstić information content (AvgIpc) is 2.15. The molecule has 0 aromatic carbocycles. The standard InChI is InChI=1S/C8H14N2O4S/c1-10(2)7(12)4-15-3-6(8(13)14)9-5-11/h5-6H,3-4H2,1-2H3,(H,9,11)(H,13,14). The highest BCUT2D eigenvalue weighted by molar-refractivity contribution is 8.00. The van der Waals surface area contributed by atoms with Crippen LogP contribution in [0.4, 0.5) is 0 Å². The molecular weight excluding hydrogens is 220 g/mol. The maximum Gasteiger partial charge on any atom is 0.327 e. The zero-order valence-electron chi connectivity index (χ0n) is 8.60. The van der Waals surface area contributed by atoms with Crippen molar-refractivity contribution in [3.8, 4) is 0 Å². The Morgan fingerprint density at radius 1 is 1.53 bits per heavy atom. The number of thioether (sulfide) groups is 1. The van der Waals surface area contributed by atoms with Gasteiger partial charge in [0.1, 0.15) is 6.04 Å². The SMILES string of the molecule is CN(C)C(=O)CSCC(NC=O)C(=O)O. The number of rotatable bonds is 7. The number of nitrogens with one attached hydrogen (secondary N) is 1. The second-order valence-corrected chi connectivity index (χ2v) is 4.01. The van der Waals surface area contributed by atoms with Crippen molar-refractivity contribution in [2.45, 2.75) is 6.04 Å². The third-order valence-electron chi connectivity index (χ3n) is 1.58. The summed E-state index contributed by atoms with van der Waals surface area (Å²) in [7, 11) is 3.25. The molecule has 7 heteroatoms. The van der Waals surface area contributed by atoms with Crippen LogP contribution in [-0.4, -0.2) is 59.9 Å². The van der Waals surface area contributed by atoms with E-state index in [9.17, 15) is 14.4 Å². The fourth-order valence-electron chi connectivity index (χ4n) is 0.666.